The van der Waals surface area contributed by atoms with E-state index in [0.717, 1.165) is 12.8 Å². The summed E-state index contributed by atoms with van der Waals surface area (Å²) in [6.45, 7) is -0.0862. The molecular formula is C14H17N3O4. The highest BCUT2D eigenvalue weighted by atomic mass is 16.4. The summed E-state index contributed by atoms with van der Waals surface area (Å²) < 4.78 is 0. The van der Waals surface area contributed by atoms with Crippen molar-refractivity contribution < 1.29 is 19.5 Å². The van der Waals surface area contributed by atoms with Gasteiger partial charge in [-0.05, 0) is 30.5 Å². The molecule has 4 N–H and O–H groups in total. The van der Waals surface area contributed by atoms with Gasteiger partial charge in [0.1, 0.15) is 0 Å². The second-order valence-electron chi connectivity index (χ2n) is 4.92. The number of carbonyl (C=O) groups is 3. The Labute approximate surface area is 121 Å². The number of rotatable bonds is 6. The van der Waals surface area contributed by atoms with Gasteiger partial charge in [-0.3, -0.25) is 9.59 Å². The van der Waals surface area contributed by atoms with E-state index in [0.29, 0.717) is 11.3 Å². The summed E-state index contributed by atoms with van der Waals surface area (Å²) >= 11 is 0. The summed E-state index contributed by atoms with van der Waals surface area (Å²) in [4.78, 5) is 33.7. The summed E-state index contributed by atoms with van der Waals surface area (Å²) in [5.74, 6) is -1.15. The quantitative estimate of drug-likeness (QED) is 0.619. The minimum atomic E-state index is -0.937. The number of aliphatic carboxylic acids is 1. The number of urea groups is 1. The monoisotopic (exact) mass is 291 g/mol. The molecule has 0 atom stereocenters. The zero-order valence-electron chi connectivity index (χ0n) is 11.4. The van der Waals surface area contributed by atoms with Crippen molar-refractivity contribution in [3.05, 3.63) is 29.8 Å². The van der Waals surface area contributed by atoms with Crippen molar-refractivity contribution in [2.75, 3.05) is 11.9 Å². The van der Waals surface area contributed by atoms with Gasteiger partial charge in [0.05, 0.1) is 13.0 Å². The fourth-order valence-electron chi connectivity index (χ4n) is 1.78. The van der Waals surface area contributed by atoms with E-state index in [4.69, 9.17) is 5.11 Å². The van der Waals surface area contributed by atoms with Gasteiger partial charge in [0.15, 0.2) is 0 Å². The van der Waals surface area contributed by atoms with Crippen molar-refractivity contribution in [1.82, 2.24) is 10.6 Å². The van der Waals surface area contributed by atoms with Gasteiger partial charge in [-0.15, -0.1) is 0 Å². The number of hydrogen-bond acceptors (Lipinski definition) is 3. The number of hydrogen-bond donors (Lipinski definition) is 4. The molecule has 1 saturated carbocycles. The zero-order valence-corrected chi connectivity index (χ0v) is 11.4. The molecule has 1 aliphatic rings. The maximum absolute atomic E-state index is 11.6. The van der Waals surface area contributed by atoms with Crippen LogP contribution in [0.5, 0.6) is 0 Å². The Morgan fingerprint density at radius 2 is 2.00 bits per heavy atom. The maximum atomic E-state index is 11.6. The molecule has 7 heteroatoms. The average Bonchev–Trinajstić information content (AvgIpc) is 3.20. The summed E-state index contributed by atoms with van der Waals surface area (Å²) in [5.41, 5.74) is 1.07. The predicted molar refractivity (Wildman–Crippen MR) is 76.0 cm³/mol. The first-order valence-corrected chi connectivity index (χ1v) is 6.68. The molecule has 0 bridgehead atoms. The second-order valence-corrected chi connectivity index (χ2v) is 4.92. The fourth-order valence-corrected chi connectivity index (χ4v) is 1.78. The Bertz CT molecular complexity index is 555. The van der Waals surface area contributed by atoms with Crippen molar-refractivity contribution >= 4 is 23.6 Å². The van der Waals surface area contributed by atoms with E-state index in [1.165, 1.54) is 0 Å². The fraction of sp³-hybridized carbons (Fsp3) is 0.357. The molecule has 0 heterocycles. The van der Waals surface area contributed by atoms with Gasteiger partial charge in [0, 0.05) is 11.7 Å². The molecule has 1 aromatic rings. The third kappa shape index (κ3) is 5.52. The predicted octanol–water partition coefficient (Wildman–Crippen LogP) is 0.714. The highest BCUT2D eigenvalue weighted by Gasteiger charge is 2.23. The van der Waals surface area contributed by atoms with Gasteiger partial charge in [0.25, 0.3) is 0 Å². The number of anilines is 1. The number of carboxylic acids is 1. The molecule has 0 saturated heterocycles. The van der Waals surface area contributed by atoms with Crippen LogP contribution >= 0.6 is 0 Å². The van der Waals surface area contributed by atoms with Gasteiger partial charge < -0.3 is 21.1 Å². The molecule has 112 valence electrons. The van der Waals surface area contributed by atoms with Crippen LogP contribution in [0, 0.1) is 0 Å². The number of nitrogens with one attached hydrogen (secondary N) is 3. The largest absolute Gasteiger partial charge is 0.481 e. The SMILES string of the molecule is O=C(O)Cc1cccc(NC(=O)NCC(=O)NC2CC2)c1. The molecule has 0 aliphatic heterocycles. The second kappa shape index (κ2) is 6.74. The lowest BCUT2D eigenvalue weighted by Crippen LogP contribution is -2.39. The molecule has 0 radical (unpaired) electrons. The van der Waals surface area contributed by atoms with Crippen LogP contribution in [0.15, 0.2) is 24.3 Å². The van der Waals surface area contributed by atoms with E-state index in [9.17, 15) is 14.4 Å². The number of carboxylic acid groups (broad SMARTS) is 1. The van der Waals surface area contributed by atoms with E-state index in [2.05, 4.69) is 16.0 Å². The molecule has 7 nitrogen and oxygen atoms in total. The van der Waals surface area contributed by atoms with Crippen LogP contribution in [-0.4, -0.2) is 35.6 Å². The van der Waals surface area contributed by atoms with Gasteiger partial charge in [0.2, 0.25) is 5.91 Å². The molecule has 1 aliphatic carbocycles. The van der Waals surface area contributed by atoms with Crippen molar-refractivity contribution in [3.63, 3.8) is 0 Å². The normalized spacial score (nSPS) is 13.3. The highest BCUT2D eigenvalue weighted by Crippen LogP contribution is 2.18. The first kappa shape index (κ1) is 14.8. The smallest absolute Gasteiger partial charge is 0.319 e. The molecular weight excluding hydrogens is 274 g/mol. The van der Waals surface area contributed by atoms with Crippen LogP contribution in [0.3, 0.4) is 0 Å². The molecule has 0 spiro atoms. The molecule has 0 unspecified atom stereocenters. The van der Waals surface area contributed by atoms with E-state index in [1.807, 2.05) is 0 Å². The Kier molecular flexibility index (Phi) is 4.76. The minimum absolute atomic E-state index is 0.0862. The van der Waals surface area contributed by atoms with Gasteiger partial charge in [-0.25, -0.2) is 4.79 Å². The average molecular weight is 291 g/mol. The molecule has 1 fully saturated rings. The third-order valence-electron chi connectivity index (χ3n) is 2.89. The van der Waals surface area contributed by atoms with Crippen LogP contribution in [0.1, 0.15) is 18.4 Å². The lowest BCUT2D eigenvalue weighted by Gasteiger charge is -2.08. The first-order valence-electron chi connectivity index (χ1n) is 6.68. The van der Waals surface area contributed by atoms with Gasteiger partial charge in [-0.1, -0.05) is 12.1 Å². The molecule has 0 aromatic heterocycles. The van der Waals surface area contributed by atoms with Gasteiger partial charge >= 0.3 is 12.0 Å². The zero-order chi connectivity index (χ0) is 15.2. The van der Waals surface area contributed by atoms with E-state index < -0.39 is 12.0 Å². The topological polar surface area (TPSA) is 108 Å². The lowest BCUT2D eigenvalue weighted by atomic mass is 10.1. The van der Waals surface area contributed by atoms with Crippen molar-refractivity contribution in [2.45, 2.75) is 25.3 Å². The molecule has 21 heavy (non-hydrogen) atoms. The Hall–Kier alpha value is -2.57. The summed E-state index contributed by atoms with van der Waals surface area (Å²) in [7, 11) is 0. The number of carbonyl (C=O) groups excluding carboxylic acids is 2. The number of benzene rings is 1. The summed E-state index contributed by atoms with van der Waals surface area (Å²) in [5, 5.41) is 16.5. The Balaban J connectivity index is 1.78. The van der Waals surface area contributed by atoms with Gasteiger partial charge in [-0.2, -0.15) is 0 Å². The van der Waals surface area contributed by atoms with E-state index in [1.54, 1.807) is 24.3 Å². The van der Waals surface area contributed by atoms with Crippen LogP contribution < -0.4 is 16.0 Å². The third-order valence-corrected chi connectivity index (χ3v) is 2.89. The number of amides is 3. The Morgan fingerprint density at radius 3 is 2.67 bits per heavy atom. The van der Waals surface area contributed by atoms with Crippen molar-refractivity contribution in [1.29, 1.82) is 0 Å². The lowest BCUT2D eigenvalue weighted by molar-refractivity contribution is -0.136. The van der Waals surface area contributed by atoms with E-state index >= 15 is 0 Å². The van der Waals surface area contributed by atoms with E-state index in [-0.39, 0.29) is 24.9 Å². The highest BCUT2D eigenvalue weighted by molar-refractivity contribution is 5.92. The van der Waals surface area contributed by atoms with Crippen LogP contribution in [-0.2, 0) is 16.0 Å². The molecule has 3 amide bonds. The standard InChI is InChI=1S/C14H17N3O4/c18-12(16-10-4-5-10)8-15-14(21)17-11-3-1-2-9(6-11)7-13(19)20/h1-3,6,10H,4-5,7-8H2,(H,16,18)(H,19,20)(H2,15,17,21). The maximum Gasteiger partial charge on any atom is 0.319 e. The first-order chi connectivity index (χ1) is 10.0. The summed E-state index contributed by atoms with van der Waals surface area (Å²) in [6.07, 6.45) is 1.88. The summed E-state index contributed by atoms with van der Waals surface area (Å²) in [6, 6.07) is 6.31. The minimum Gasteiger partial charge on any atom is -0.481 e. The van der Waals surface area contributed by atoms with Crippen LogP contribution in [0.25, 0.3) is 0 Å². The van der Waals surface area contributed by atoms with Crippen LogP contribution in [0.2, 0.25) is 0 Å². The van der Waals surface area contributed by atoms with Crippen molar-refractivity contribution in [2.24, 2.45) is 0 Å². The molecule has 1 aromatic carbocycles. The van der Waals surface area contributed by atoms with Crippen LogP contribution in [0.4, 0.5) is 10.5 Å². The van der Waals surface area contributed by atoms with Crippen molar-refractivity contribution in [3.8, 4) is 0 Å². The molecule has 2 rings (SSSR count). The Morgan fingerprint density at radius 1 is 1.24 bits per heavy atom.